The highest BCUT2D eigenvalue weighted by Crippen LogP contribution is 2.46. The van der Waals surface area contributed by atoms with Crippen LogP contribution in [-0.4, -0.2) is 12.7 Å². The van der Waals surface area contributed by atoms with Gasteiger partial charge < -0.3 is 18.9 Å². The van der Waals surface area contributed by atoms with Crippen molar-refractivity contribution < 1.29 is 18.9 Å². The van der Waals surface area contributed by atoms with Crippen molar-refractivity contribution in [2.75, 3.05) is 7.11 Å². The fourth-order valence-corrected chi connectivity index (χ4v) is 4.90. The molecule has 0 heterocycles. The summed E-state index contributed by atoms with van der Waals surface area (Å²) in [6.45, 7) is 13.1. The molecule has 1 aliphatic carbocycles. The van der Waals surface area contributed by atoms with E-state index in [1.165, 1.54) is 29.9 Å². The summed E-state index contributed by atoms with van der Waals surface area (Å²) in [6.07, 6.45) is 11.7. The quantitative estimate of drug-likeness (QED) is 0.231. The lowest BCUT2D eigenvalue weighted by atomic mass is 9.71. The van der Waals surface area contributed by atoms with Crippen LogP contribution in [0.4, 0.5) is 0 Å². The fraction of sp³-hybridized carbons (Fsp3) is 0.176. The van der Waals surface area contributed by atoms with E-state index in [0.29, 0.717) is 0 Å². The van der Waals surface area contributed by atoms with Gasteiger partial charge in [-0.25, -0.2) is 0 Å². The molecule has 0 amide bonds. The Bertz CT molecular complexity index is 1300. The molecule has 3 unspecified atom stereocenters. The van der Waals surface area contributed by atoms with Crippen molar-refractivity contribution in [2.24, 2.45) is 0 Å². The van der Waals surface area contributed by atoms with Crippen molar-refractivity contribution in [1.82, 2.24) is 0 Å². The van der Waals surface area contributed by atoms with Gasteiger partial charge in [0.15, 0.2) is 0 Å². The van der Waals surface area contributed by atoms with E-state index in [1.807, 2.05) is 36.4 Å². The number of allylic oxidation sites excluding steroid dienone is 2. The van der Waals surface area contributed by atoms with Crippen molar-refractivity contribution in [1.29, 1.82) is 0 Å². The SMILES string of the molecule is C=COc1ccc(C(C2=CCC(C)(OC=C)C=C2)C(c2ccc(OC)cc2)c2ccc(OC=C)cc2)cc1. The number of hydrogen-bond acceptors (Lipinski definition) is 4. The summed E-state index contributed by atoms with van der Waals surface area (Å²) in [5.41, 5.74) is 4.28. The molecule has 0 N–H and O–H groups in total. The largest absolute Gasteiger partial charge is 0.497 e. The molecule has 0 spiro atoms. The molecule has 3 aromatic rings. The van der Waals surface area contributed by atoms with Crippen LogP contribution in [0.25, 0.3) is 0 Å². The van der Waals surface area contributed by atoms with Gasteiger partial charge in [-0.1, -0.05) is 68.3 Å². The number of hydrogen-bond donors (Lipinski definition) is 0. The molecule has 4 nitrogen and oxygen atoms in total. The molecular formula is C34H34O4. The van der Waals surface area contributed by atoms with Gasteiger partial charge in [0.1, 0.15) is 22.8 Å². The Morgan fingerprint density at radius 2 is 1.16 bits per heavy atom. The first-order valence-electron chi connectivity index (χ1n) is 12.6. The minimum Gasteiger partial charge on any atom is -0.497 e. The molecule has 0 saturated carbocycles. The molecule has 1 aliphatic rings. The smallest absolute Gasteiger partial charge is 0.127 e. The van der Waals surface area contributed by atoms with E-state index in [4.69, 9.17) is 18.9 Å². The molecule has 194 valence electrons. The standard InChI is InChI=1S/C34H34O4/c1-6-36-30-17-11-26(12-18-30)32(25-9-15-29(35-5)16-10-25)33(27-13-19-31(20-14-27)37-7-2)28-21-23-34(4,24-22-28)38-8-3/h6-23,32-33H,1-3,24H2,4-5H3. The molecule has 3 aromatic carbocycles. The summed E-state index contributed by atoms with van der Waals surface area (Å²) in [5.74, 6) is 2.32. The first-order valence-corrected chi connectivity index (χ1v) is 12.6. The molecule has 3 atom stereocenters. The maximum absolute atomic E-state index is 5.81. The Morgan fingerprint density at radius 3 is 1.55 bits per heavy atom. The molecule has 38 heavy (non-hydrogen) atoms. The van der Waals surface area contributed by atoms with E-state index in [2.05, 4.69) is 81.3 Å². The summed E-state index contributed by atoms with van der Waals surface area (Å²) >= 11 is 0. The lowest BCUT2D eigenvalue weighted by Crippen LogP contribution is -2.26. The summed E-state index contributed by atoms with van der Waals surface area (Å²) < 4.78 is 22.3. The minimum atomic E-state index is -0.420. The van der Waals surface area contributed by atoms with Gasteiger partial charge in [0.25, 0.3) is 0 Å². The first kappa shape index (κ1) is 26.6. The molecule has 0 saturated heterocycles. The van der Waals surface area contributed by atoms with E-state index >= 15 is 0 Å². The highest BCUT2D eigenvalue weighted by molar-refractivity contribution is 5.49. The van der Waals surface area contributed by atoms with Gasteiger partial charge in [-0.15, -0.1) is 0 Å². The van der Waals surface area contributed by atoms with E-state index in [9.17, 15) is 0 Å². The van der Waals surface area contributed by atoms with Gasteiger partial charge in [-0.2, -0.15) is 0 Å². The normalized spacial score (nSPS) is 17.9. The molecule has 0 fully saturated rings. The molecule has 0 aromatic heterocycles. The predicted octanol–water partition coefficient (Wildman–Crippen LogP) is 8.46. The van der Waals surface area contributed by atoms with Crippen LogP contribution in [0.15, 0.2) is 135 Å². The molecular weight excluding hydrogens is 472 g/mol. The van der Waals surface area contributed by atoms with Gasteiger partial charge in [0, 0.05) is 18.3 Å². The monoisotopic (exact) mass is 506 g/mol. The Balaban J connectivity index is 1.86. The third kappa shape index (κ3) is 6.09. The van der Waals surface area contributed by atoms with Crippen molar-refractivity contribution in [2.45, 2.75) is 30.8 Å². The maximum Gasteiger partial charge on any atom is 0.127 e. The average Bonchev–Trinajstić information content (AvgIpc) is 2.94. The van der Waals surface area contributed by atoms with E-state index < -0.39 is 5.60 Å². The minimum absolute atomic E-state index is 0.00504. The number of methoxy groups -OCH3 is 1. The van der Waals surface area contributed by atoms with Crippen LogP contribution in [0.2, 0.25) is 0 Å². The fourth-order valence-electron chi connectivity index (χ4n) is 4.90. The van der Waals surface area contributed by atoms with Gasteiger partial charge in [-0.3, -0.25) is 0 Å². The second-order valence-electron chi connectivity index (χ2n) is 9.27. The second kappa shape index (κ2) is 12.2. The third-order valence-corrected chi connectivity index (χ3v) is 6.81. The van der Waals surface area contributed by atoms with E-state index in [1.54, 1.807) is 7.11 Å². The Kier molecular flexibility index (Phi) is 8.55. The Labute approximate surface area is 225 Å². The molecule has 4 rings (SSSR count). The highest BCUT2D eigenvalue weighted by Gasteiger charge is 2.32. The lowest BCUT2D eigenvalue weighted by Gasteiger charge is -2.34. The van der Waals surface area contributed by atoms with Gasteiger partial charge in [0.2, 0.25) is 0 Å². The van der Waals surface area contributed by atoms with Crippen LogP contribution in [0, 0.1) is 0 Å². The Morgan fingerprint density at radius 1 is 0.684 bits per heavy atom. The van der Waals surface area contributed by atoms with Crippen molar-refractivity contribution in [3.05, 3.63) is 152 Å². The molecule has 0 radical (unpaired) electrons. The van der Waals surface area contributed by atoms with Crippen molar-refractivity contribution in [3.8, 4) is 17.2 Å². The van der Waals surface area contributed by atoms with Crippen LogP contribution in [0.1, 0.15) is 41.9 Å². The van der Waals surface area contributed by atoms with Crippen molar-refractivity contribution in [3.63, 3.8) is 0 Å². The first-order chi connectivity index (χ1) is 18.5. The van der Waals surface area contributed by atoms with Crippen molar-refractivity contribution >= 4 is 0 Å². The number of benzene rings is 3. The molecule has 0 aliphatic heterocycles. The Hall–Kier alpha value is -4.44. The second-order valence-corrected chi connectivity index (χ2v) is 9.27. The molecule has 0 bridgehead atoms. The molecule has 4 heteroatoms. The van der Waals surface area contributed by atoms with Crippen LogP contribution in [-0.2, 0) is 4.74 Å². The summed E-state index contributed by atoms with van der Waals surface area (Å²) in [6, 6.07) is 24.7. The number of rotatable bonds is 12. The number of ether oxygens (including phenoxy) is 4. The van der Waals surface area contributed by atoms with E-state index in [-0.39, 0.29) is 11.8 Å². The summed E-state index contributed by atoms with van der Waals surface area (Å²) in [4.78, 5) is 0. The van der Waals surface area contributed by atoms with Gasteiger partial charge in [0.05, 0.1) is 25.9 Å². The maximum atomic E-state index is 5.81. The topological polar surface area (TPSA) is 36.9 Å². The average molecular weight is 507 g/mol. The summed E-state index contributed by atoms with van der Waals surface area (Å²) in [7, 11) is 1.68. The summed E-state index contributed by atoms with van der Waals surface area (Å²) in [5, 5.41) is 0. The van der Waals surface area contributed by atoms with Crippen LogP contribution in [0.5, 0.6) is 17.2 Å². The predicted molar refractivity (Wildman–Crippen MR) is 154 cm³/mol. The van der Waals surface area contributed by atoms with Crippen LogP contribution < -0.4 is 14.2 Å². The zero-order chi connectivity index (χ0) is 27.0. The third-order valence-electron chi connectivity index (χ3n) is 6.81. The van der Waals surface area contributed by atoms with Crippen LogP contribution in [0.3, 0.4) is 0 Å². The lowest BCUT2D eigenvalue weighted by molar-refractivity contribution is 0.0883. The zero-order valence-electron chi connectivity index (χ0n) is 22.0. The highest BCUT2D eigenvalue weighted by atomic mass is 16.5. The van der Waals surface area contributed by atoms with Gasteiger partial charge in [-0.05, 0) is 71.7 Å². The van der Waals surface area contributed by atoms with E-state index in [0.717, 1.165) is 34.8 Å². The zero-order valence-corrected chi connectivity index (χ0v) is 22.0. The van der Waals surface area contributed by atoms with Crippen LogP contribution >= 0.6 is 0 Å². The van der Waals surface area contributed by atoms with Gasteiger partial charge >= 0.3 is 0 Å².